The third kappa shape index (κ3) is 3.12. The minimum absolute atomic E-state index is 0.803. The number of hydrogen-bond donors (Lipinski definition) is 1. The van der Waals surface area contributed by atoms with Crippen LogP contribution in [0.15, 0.2) is 46.9 Å². The predicted molar refractivity (Wildman–Crippen MR) is 96.8 cm³/mol. The first kappa shape index (κ1) is 15.5. The molecule has 1 fully saturated rings. The van der Waals surface area contributed by atoms with E-state index in [4.69, 9.17) is 16.0 Å². The minimum atomic E-state index is 0.803. The van der Waals surface area contributed by atoms with Gasteiger partial charge >= 0.3 is 0 Å². The van der Waals surface area contributed by atoms with Crippen LogP contribution in [0.1, 0.15) is 11.5 Å². The standard InChI is InChI=1S/C19H20ClN3O/c1-14-6-7-15(20)12-17(14)23-10-8-22(9-11-23)13-19-21-16-4-2-3-5-18(16)24-19/h2-7,12H,8-11,13H2,1H3/p+1. The van der Waals surface area contributed by atoms with Gasteiger partial charge in [0.05, 0.1) is 26.2 Å². The molecule has 0 atom stereocenters. The third-order valence-electron chi connectivity index (χ3n) is 4.72. The maximum absolute atomic E-state index is 6.16. The van der Waals surface area contributed by atoms with Crippen LogP contribution in [0, 0.1) is 6.92 Å². The number of halogens is 1. The van der Waals surface area contributed by atoms with E-state index in [1.54, 1.807) is 0 Å². The van der Waals surface area contributed by atoms with E-state index in [9.17, 15) is 0 Å². The van der Waals surface area contributed by atoms with E-state index in [2.05, 4.69) is 28.9 Å². The van der Waals surface area contributed by atoms with E-state index in [1.165, 1.54) is 16.2 Å². The molecule has 124 valence electrons. The smallest absolute Gasteiger partial charge is 0.251 e. The zero-order chi connectivity index (χ0) is 16.5. The van der Waals surface area contributed by atoms with Gasteiger partial charge in [0.2, 0.25) is 0 Å². The fraction of sp³-hybridized carbons (Fsp3) is 0.316. The average Bonchev–Trinajstić information content (AvgIpc) is 3.00. The fourth-order valence-corrected chi connectivity index (χ4v) is 3.54. The summed E-state index contributed by atoms with van der Waals surface area (Å²) in [6.45, 7) is 7.18. The van der Waals surface area contributed by atoms with Gasteiger partial charge in [-0.3, -0.25) is 0 Å². The summed E-state index contributed by atoms with van der Waals surface area (Å²) in [7, 11) is 0. The molecule has 2 heterocycles. The van der Waals surface area contributed by atoms with Gasteiger partial charge in [0.1, 0.15) is 5.52 Å². The van der Waals surface area contributed by atoms with Crippen LogP contribution in [-0.2, 0) is 6.54 Å². The SMILES string of the molecule is Cc1ccc(Cl)cc1N1CC[NH+](Cc2nc3ccccc3o2)CC1. The zero-order valence-electron chi connectivity index (χ0n) is 13.8. The molecule has 0 radical (unpaired) electrons. The van der Waals surface area contributed by atoms with Gasteiger partial charge in [0, 0.05) is 10.7 Å². The van der Waals surface area contributed by atoms with Gasteiger partial charge in [-0.15, -0.1) is 0 Å². The Morgan fingerprint density at radius 2 is 1.96 bits per heavy atom. The van der Waals surface area contributed by atoms with E-state index >= 15 is 0 Å². The van der Waals surface area contributed by atoms with Gasteiger partial charge in [0.25, 0.3) is 5.89 Å². The number of nitrogens with zero attached hydrogens (tertiary/aromatic N) is 2. The predicted octanol–water partition coefficient (Wildman–Crippen LogP) is 2.69. The molecule has 4 nitrogen and oxygen atoms in total. The second kappa shape index (κ2) is 6.46. The van der Waals surface area contributed by atoms with E-state index in [0.29, 0.717) is 0 Å². The van der Waals surface area contributed by atoms with E-state index in [1.807, 2.05) is 30.3 Å². The molecular formula is C19H21ClN3O+. The summed E-state index contributed by atoms with van der Waals surface area (Å²) >= 11 is 6.16. The molecule has 0 aliphatic carbocycles. The first-order valence-corrected chi connectivity index (χ1v) is 8.76. The summed E-state index contributed by atoms with van der Waals surface area (Å²) in [6, 6.07) is 14.1. The normalized spacial score (nSPS) is 16.0. The molecule has 5 heteroatoms. The van der Waals surface area contributed by atoms with Crippen molar-refractivity contribution in [3.05, 3.63) is 58.9 Å². The third-order valence-corrected chi connectivity index (χ3v) is 4.96. The number of nitrogens with one attached hydrogen (secondary N) is 1. The maximum Gasteiger partial charge on any atom is 0.251 e. The summed E-state index contributed by atoms with van der Waals surface area (Å²) in [4.78, 5) is 8.53. The molecule has 1 aliphatic heterocycles. The average molecular weight is 343 g/mol. The Morgan fingerprint density at radius 3 is 2.75 bits per heavy atom. The topological polar surface area (TPSA) is 33.7 Å². The van der Waals surface area contributed by atoms with Crippen LogP contribution >= 0.6 is 11.6 Å². The van der Waals surface area contributed by atoms with Crippen LogP contribution in [0.4, 0.5) is 5.69 Å². The maximum atomic E-state index is 6.16. The van der Waals surface area contributed by atoms with Crippen molar-refractivity contribution >= 4 is 28.4 Å². The van der Waals surface area contributed by atoms with Gasteiger partial charge in [-0.25, -0.2) is 4.98 Å². The van der Waals surface area contributed by atoms with Gasteiger partial charge in [-0.2, -0.15) is 0 Å². The fourth-order valence-electron chi connectivity index (χ4n) is 3.37. The number of quaternary nitrogens is 1. The minimum Gasteiger partial charge on any atom is -0.435 e. The van der Waals surface area contributed by atoms with Crippen molar-refractivity contribution in [2.45, 2.75) is 13.5 Å². The number of piperazine rings is 1. The summed E-state index contributed by atoms with van der Waals surface area (Å²) in [6.07, 6.45) is 0. The highest BCUT2D eigenvalue weighted by Crippen LogP contribution is 2.24. The molecule has 4 rings (SSSR count). The molecule has 1 N–H and O–H groups in total. The zero-order valence-corrected chi connectivity index (χ0v) is 14.5. The molecular weight excluding hydrogens is 322 g/mol. The Morgan fingerprint density at radius 1 is 1.17 bits per heavy atom. The molecule has 3 aromatic rings. The number of fused-ring (bicyclic) bond motifs is 1. The number of hydrogen-bond acceptors (Lipinski definition) is 3. The lowest BCUT2D eigenvalue weighted by Crippen LogP contribution is -3.13. The van der Waals surface area contributed by atoms with Crippen molar-refractivity contribution in [3.8, 4) is 0 Å². The number of anilines is 1. The van der Waals surface area contributed by atoms with Gasteiger partial charge in [-0.05, 0) is 36.8 Å². The van der Waals surface area contributed by atoms with Gasteiger partial charge in [0.15, 0.2) is 12.1 Å². The molecule has 0 amide bonds. The van der Waals surface area contributed by atoms with Crippen LogP contribution < -0.4 is 9.80 Å². The number of para-hydroxylation sites is 2. The van der Waals surface area contributed by atoms with Crippen molar-refractivity contribution < 1.29 is 9.32 Å². The molecule has 24 heavy (non-hydrogen) atoms. The molecule has 0 bridgehead atoms. The molecule has 2 aromatic carbocycles. The highest BCUT2D eigenvalue weighted by Gasteiger charge is 2.23. The second-order valence-electron chi connectivity index (χ2n) is 6.42. The molecule has 0 saturated carbocycles. The van der Waals surface area contributed by atoms with Gasteiger partial charge in [-0.1, -0.05) is 29.8 Å². The van der Waals surface area contributed by atoms with Crippen LogP contribution in [0.5, 0.6) is 0 Å². The van der Waals surface area contributed by atoms with Crippen molar-refractivity contribution in [1.82, 2.24) is 4.98 Å². The van der Waals surface area contributed by atoms with Crippen molar-refractivity contribution in [2.75, 3.05) is 31.1 Å². The van der Waals surface area contributed by atoms with Crippen LogP contribution in [-0.4, -0.2) is 31.2 Å². The van der Waals surface area contributed by atoms with Crippen LogP contribution in [0.2, 0.25) is 5.02 Å². The summed E-state index contributed by atoms with van der Waals surface area (Å²) in [5, 5.41) is 0.803. The second-order valence-corrected chi connectivity index (χ2v) is 6.86. The number of aromatic nitrogens is 1. The number of benzene rings is 2. The molecule has 1 aliphatic rings. The monoisotopic (exact) mass is 342 g/mol. The Hall–Kier alpha value is -2.04. The number of rotatable bonds is 3. The first-order chi connectivity index (χ1) is 11.7. The highest BCUT2D eigenvalue weighted by atomic mass is 35.5. The molecule has 1 saturated heterocycles. The Balaban J connectivity index is 1.41. The summed E-state index contributed by atoms with van der Waals surface area (Å²) < 4.78 is 5.85. The number of oxazole rings is 1. The lowest BCUT2D eigenvalue weighted by molar-refractivity contribution is -0.915. The number of aryl methyl sites for hydroxylation is 1. The van der Waals surface area contributed by atoms with Crippen LogP contribution in [0.25, 0.3) is 11.1 Å². The van der Waals surface area contributed by atoms with Crippen molar-refractivity contribution in [1.29, 1.82) is 0 Å². The van der Waals surface area contributed by atoms with E-state index in [0.717, 1.165) is 54.7 Å². The molecule has 1 aromatic heterocycles. The summed E-state index contributed by atoms with van der Waals surface area (Å²) in [5.41, 5.74) is 4.35. The van der Waals surface area contributed by atoms with E-state index in [-0.39, 0.29) is 0 Å². The molecule has 0 spiro atoms. The first-order valence-electron chi connectivity index (χ1n) is 8.38. The lowest BCUT2D eigenvalue weighted by atomic mass is 10.1. The summed E-state index contributed by atoms with van der Waals surface area (Å²) in [5.74, 6) is 0.832. The Kier molecular flexibility index (Phi) is 4.17. The Labute approximate surface area is 146 Å². The quantitative estimate of drug-likeness (QED) is 0.794. The van der Waals surface area contributed by atoms with Crippen molar-refractivity contribution in [3.63, 3.8) is 0 Å². The largest absolute Gasteiger partial charge is 0.435 e. The Bertz CT molecular complexity index is 820. The van der Waals surface area contributed by atoms with Gasteiger partial charge < -0.3 is 14.2 Å². The van der Waals surface area contributed by atoms with Crippen molar-refractivity contribution in [2.24, 2.45) is 0 Å². The van der Waals surface area contributed by atoms with Crippen LogP contribution in [0.3, 0.4) is 0 Å². The highest BCUT2D eigenvalue weighted by molar-refractivity contribution is 6.30. The molecule has 0 unspecified atom stereocenters. The van der Waals surface area contributed by atoms with E-state index < -0.39 is 0 Å². The lowest BCUT2D eigenvalue weighted by Gasteiger charge is -2.34.